The first kappa shape index (κ1) is 14.0. The van der Waals surface area contributed by atoms with Crippen LogP contribution in [-0.2, 0) is 0 Å². The number of H-pyrrole nitrogens is 1. The second-order valence-corrected chi connectivity index (χ2v) is 5.13. The lowest BCUT2D eigenvalue weighted by molar-refractivity contribution is -0.0498. The van der Waals surface area contributed by atoms with Crippen LogP contribution in [0.2, 0.25) is 0 Å². The van der Waals surface area contributed by atoms with Crippen molar-refractivity contribution in [1.29, 1.82) is 0 Å². The Labute approximate surface area is 121 Å². The number of hydrogen-bond acceptors (Lipinski definition) is 3. The number of rotatable bonds is 4. The number of aromatic amines is 1. The van der Waals surface area contributed by atoms with Crippen LogP contribution in [0.4, 0.5) is 8.78 Å². The number of benzene rings is 1. The van der Waals surface area contributed by atoms with Crippen molar-refractivity contribution in [3.63, 3.8) is 0 Å². The van der Waals surface area contributed by atoms with E-state index in [0.29, 0.717) is 5.92 Å². The first-order valence-electron chi connectivity index (χ1n) is 7.03. The summed E-state index contributed by atoms with van der Waals surface area (Å²) in [6, 6.07) is 6.63. The van der Waals surface area contributed by atoms with Gasteiger partial charge in [-0.05, 0) is 31.5 Å². The van der Waals surface area contributed by atoms with Crippen LogP contribution in [0.1, 0.15) is 24.6 Å². The zero-order valence-corrected chi connectivity index (χ0v) is 11.5. The predicted molar refractivity (Wildman–Crippen MR) is 75.5 cm³/mol. The molecule has 1 saturated heterocycles. The maximum absolute atomic E-state index is 12.3. The Morgan fingerprint density at radius 3 is 3.00 bits per heavy atom. The fourth-order valence-electron chi connectivity index (χ4n) is 2.62. The summed E-state index contributed by atoms with van der Waals surface area (Å²) in [6.07, 6.45) is 3.98. The molecule has 1 aromatic carbocycles. The van der Waals surface area contributed by atoms with Crippen LogP contribution in [0.15, 0.2) is 30.5 Å². The van der Waals surface area contributed by atoms with Crippen LogP contribution in [0, 0.1) is 0 Å². The second-order valence-electron chi connectivity index (χ2n) is 5.13. The quantitative estimate of drug-likeness (QED) is 0.910. The van der Waals surface area contributed by atoms with E-state index < -0.39 is 6.61 Å². The van der Waals surface area contributed by atoms with Gasteiger partial charge >= 0.3 is 6.61 Å². The van der Waals surface area contributed by atoms with Gasteiger partial charge < -0.3 is 15.0 Å². The molecule has 21 heavy (non-hydrogen) atoms. The van der Waals surface area contributed by atoms with E-state index in [2.05, 4.69) is 20.0 Å². The highest BCUT2D eigenvalue weighted by molar-refractivity contribution is 5.60. The van der Waals surface area contributed by atoms with Crippen molar-refractivity contribution in [2.45, 2.75) is 25.4 Å². The van der Waals surface area contributed by atoms with Crippen molar-refractivity contribution in [3.8, 4) is 17.0 Å². The normalized spacial score (nSPS) is 18.9. The van der Waals surface area contributed by atoms with E-state index in [0.717, 1.165) is 43.0 Å². The van der Waals surface area contributed by atoms with Crippen molar-refractivity contribution in [3.05, 3.63) is 36.3 Å². The Morgan fingerprint density at radius 2 is 2.24 bits per heavy atom. The van der Waals surface area contributed by atoms with Crippen molar-refractivity contribution < 1.29 is 13.5 Å². The zero-order chi connectivity index (χ0) is 14.7. The third-order valence-corrected chi connectivity index (χ3v) is 3.65. The highest BCUT2D eigenvalue weighted by atomic mass is 19.3. The Bertz CT molecular complexity index is 594. The molecule has 2 heterocycles. The molecular formula is C15H17F2N3O. The molecule has 0 saturated carbocycles. The lowest BCUT2D eigenvalue weighted by Crippen LogP contribution is -2.28. The summed E-state index contributed by atoms with van der Waals surface area (Å²) in [5, 5.41) is 3.35. The van der Waals surface area contributed by atoms with Crippen molar-refractivity contribution in [2.75, 3.05) is 13.1 Å². The van der Waals surface area contributed by atoms with E-state index in [9.17, 15) is 8.78 Å². The third-order valence-electron chi connectivity index (χ3n) is 3.65. The van der Waals surface area contributed by atoms with Gasteiger partial charge in [0, 0.05) is 18.0 Å². The van der Waals surface area contributed by atoms with E-state index in [1.165, 1.54) is 6.07 Å². The van der Waals surface area contributed by atoms with Gasteiger partial charge in [-0.3, -0.25) is 0 Å². The SMILES string of the molecule is FC(F)Oc1cccc(-c2cnc(C3CCCNC3)[nH]2)c1. The van der Waals surface area contributed by atoms with E-state index in [4.69, 9.17) is 0 Å². The van der Waals surface area contributed by atoms with Gasteiger partial charge in [0.25, 0.3) is 0 Å². The Morgan fingerprint density at radius 1 is 1.33 bits per heavy atom. The molecule has 2 aromatic rings. The number of ether oxygens (including phenoxy) is 1. The number of nitrogens with one attached hydrogen (secondary N) is 2. The average molecular weight is 293 g/mol. The zero-order valence-electron chi connectivity index (χ0n) is 11.5. The first-order valence-corrected chi connectivity index (χ1v) is 7.03. The lowest BCUT2D eigenvalue weighted by Gasteiger charge is -2.20. The molecule has 0 amide bonds. The summed E-state index contributed by atoms with van der Waals surface area (Å²) in [4.78, 5) is 7.71. The molecule has 2 N–H and O–H groups in total. The number of nitrogens with zero attached hydrogens (tertiary/aromatic N) is 1. The van der Waals surface area contributed by atoms with Gasteiger partial charge in [-0.2, -0.15) is 8.78 Å². The molecule has 112 valence electrons. The molecule has 3 rings (SSSR count). The standard InChI is InChI=1S/C15H17F2N3O/c16-15(17)21-12-5-1-3-10(7-12)13-9-19-14(20-13)11-4-2-6-18-8-11/h1,3,5,7,9,11,15,18H,2,4,6,8H2,(H,19,20). The first-order chi connectivity index (χ1) is 10.2. The summed E-state index contributed by atoms with van der Waals surface area (Å²) >= 11 is 0. The number of halogens is 2. The van der Waals surface area contributed by atoms with E-state index in [-0.39, 0.29) is 5.75 Å². The van der Waals surface area contributed by atoms with E-state index >= 15 is 0 Å². The van der Waals surface area contributed by atoms with E-state index in [1.807, 2.05) is 6.07 Å². The van der Waals surface area contributed by atoms with Crippen LogP contribution in [0.3, 0.4) is 0 Å². The molecule has 0 spiro atoms. The van der Waals surface area contributed by atoms with Crippen LogP contribution >= 0.6 is 0 Å². The molecule has 1 aliphatic rings. The van der Waals surface area contributed by atoms with Crippen LogP contribution in [0.25, 0.3) is 11.3 Å². The molecule has 1 atom stereocenters. The average Bonchev–Trinajstić information content (AvgIpc) is 2.98. The monoisotopic (exact) mass is 293 g/mol. The van der Waals surface area contributed by atoms with Crippen LogP contribution < -0.4 is 10.1 Å². The molecule has 6 heteroatoms. The summed E-state index contributed by atoms with van der Waals surface area (Å²) < 4.78 is 28.9. The van der Waals surface area contributed by atoms with Gasteiger partial charge in [-0.25, -0.2) is 4.98 Å². The largest absolute Gasteiger partial charge is 0.435 e. The summed E-state index contributed by atoms with van der Waals surface area (Å²) in [5.41, 5.74) is 1.60. The van der Waals surface area contributed by atoms with Crippen LogP contribution in [-0.4, -0.2) is 29.7 Å². The fourth-order valence-corrected chi connectivity index (χ4v) is 2.62. The molecule has 4 nitrogen and oxygen atoms in total. The minimum absolute atomic E-state index is 0.151. The number of hydrogen-bond donors (Lipinski definition) is 2. The highest BCUT2D eigenvalue weighted by Gasteiger charge is 2.18. The van der Waals surface area contributed by atoms with Gasteiger partial charge in [0.15, 0.2) is 0 Å². The van der Waals surface area contributed by atoms with Gasteiger partial charge in [0.05, 0.1) is 11.9 Å². The smallest absolute Gasteiger partial charge is 0.387 e. The summed E-state index contributed by atoms with van der Waals surface area (Å²) in [6.45, 7) is -0.843. The third kappa shape index (κ3) is 3.39. The van der Waals surface area contributed by atoms with Gasteiger partial charge in [0.1, 0.15) is 11.6 Å². The molecule has 0 aliphatic carbocycles. The number of imidazole rings is 1. The Kier molecular flexibility index (Phi) is 4.15. The van der Waals surface area contributed by atoms with Crippen LogP contribution in [0.5, 0.6) is 5.75 Å². The molecule has 1 aliphatic heterocycles. The molecular weight excluding hydrogens is 276 g/mol. The molecule has 0 radical (unpaired) electrons. The fraction of sp³-hybridized carbons (Fsp3) is 0.400. The van der Waals surface area contributed by atoms with Crippen molar-refractivity contribution in [2.24, 2.45) is 0 Å². The lowest BCUT2D eigenvalue weighted by atomic mass is 9.99. The van der Waals surface area contributed by atoms with Crippen molar-refractivity contribution >= 4 is 0 Å². The topological polar surface area (TPSA) is 49.9 Å². The Hall–Kier alpha value is -1.95. The molecule has 0 bridgehead atoms. The van der Waals surface area contributed by atoms with Gasteiger partial charge in [0.2, 0.25) is 0 Å². The summed E-state index contributed by atoms with van der Waals surface area (Å²) in [5.74, 6) is 1.48. The van der Waals surface area contributed by atoms with E-state index in [1.54, 1.807) is 18.3 Å². The molecule has 1 aromatic heterocycles. The molecule has 1 unspecified atom stereocenters. The minimum Gasteiger partial charge on any atom is -0.435 e. The Balaban J connectivity index is 1.79. The number of aromatic nitrogens is 2. The van der Waals surface area contributed by atoms with Gasteiger partial charge in [-0.1, -0.05) is 12.1 Å². The second kappa shape index (κ2) is 6.22. The minimum atomic E-state index is -2.81. The molecule has 1 fully saturated rings. The number of alkyl halides is 2. The van der Waals surface area contributed by atoms with Crippen molar-refractivity contribution in [1.82, 2.24) is 15.3 Å². The predicted octanol–water partition coefficient (Wildman–Crippen LogP) is 3.15. The maximum atomic E-state index is 12.3. The maximum Gasteiger partial charge on any atom is 0.387 e. The van der Waals surface area contributed by atoms with Gasteiger partial charge in [-0.15, -0.1) is 0 Å². The highest BCUT2D eigenvalue weighted by Crippen LogP contribution is 2.26. The summed E-state index contributed by atoms with van der Waals surface area (Å²) in [7, 11) is 0. The number of piperidine rings is 1.